The van der Waals surface area contributed by atoms with Crippen LogP contribution in [-0.2, 0) is 0 Å². The lowest BCUT2D eigenvalue weighted by Gasteiger charge is -2.39. The quantitative estimate of drug-likeness (QED) is 0.769. The van der Waals surface area contributed by atoms with E-state index in [1.54, 1.807) is 0 Å². The molecule has 2 aliphatic rings. The standard InChI is InChI=1S/C16H23N/c1-12-9-15(2)11-16(3,10-12)17-14(15)13-7-5-4-6-8-13/h4-8,12,14,17H,9-11H2,1-3H3/t12-,14-,15-,16+/m1/s1. The molecule has 1 heteroatoms. The highest BCUT2D eigenvalue weighted by atomic mass is 15.1. The lowest BCUT2D eigenvalue weighted by Crippen LogP contribution is -2.39. The van der Waals surface area contributed by atoms with Crippen LogP contribution in [0.4, 0.5) is 0 Å². The minimum absolute atomic E-state index is 0.354. The van der Waals surface area contributed by atoms with Crippen LogP contribution in [0.5, 0.6) is 0 Å². The lowest BCUT2D eigenvalue weighted by atomic mass is 9.65. The first-order valence-corrected chi connectivity index (χ1v) is 6.83. The first-order valence-electron chi connectivity index (χ1n) is 6.83. The number of hydrogen-bond donors (Lipinski definition) is 1. The summed E-state index contributed by atoms with van der Waals surface area (Å²) in [7, 11) is 0. The maximum Gasteiger partial charge on any atom is 0.0379 e. The van der Waals surface area contributed by atoms with Gasteiger partial charge in [-0.05, 0) is 43.1 Å². The van der Waals surface area contributed by atoms with Crippen LogP contribution in [0.15, 0.2) is 30.3 Å². The smallest absolute Gasteiger partial charge is 0.0379 e. The lowest BCUT2D eigenvalue weighted by molar-refractivity contribution is 0.157. The summed E-state index contributed by atoms with van der Waals surface area (Å²) < 4.78 is 0. The SMILES string of the molecule is C[C@H]1C[C@@]2(C)C[C@@](C)(C1)[C@@H](c1ccccc1)N2. The molecule has 1 N–H and O–H groups in total. The Morgan fingerprint density at radius 1 is 1.12 bits per heavy atom. The van der Waals surface area contributed by atoms with Crippen LogP contribution < -0.4 is 5.32 Å². The average molecular weight is 229 g/mol. The second-order valence-corrected chi connectivity index (χ2v) is 6.89. The van der Waals surface area contributed by atoms with E-state index in [1.807, 2.05) is 0 Å². The zero-order valence-electron chi connectivity index (χ0n) is 11.2. The third-order valence-corrected chi connectivity index (χ3v) is 4.73. The molecule has 3 rings (SSSR count). The molecule has 1 saturated carbocycles. The normalized spacial score (nSPS) is 44.9. The van der Waals surface area contributed by atoms with E-state index in [2.05, 4.69) is 56.4 Å². The Labute approximate surface area is 105 Å². The van der Waals surface area contributed by atoms with Crippen molar-refractivity contribution < 1.29 is 0 Å². The molecule has 1 saturated heterocycles. The summed E-state index contributed by atoms with van der Waals surface area (Å²) in [5.41, 5.74) is 2.26. The molecule has 0 aromatic heterocycles. The third-order valence-electron chi connectivity index (χ3n) is 4.73. The molecule has 2 bridgehead atoms. The Kier molecular flexibility index (Phi) is 2.38. The maximum atomic E-state index is 3.92. The second kappa shape index (κ2) is 3.58. The van der Waals surface area contributed by atoms with E-state index in [1.165, 1.54) is 24.8 Å². The summed E-state index contributed by atoms with van der Waals surface area (Å²) in [5, 5.41) is 3.92. The van der Waals surface area contributed by atoms with Crippen molar-refractivity contribution in [2.24, 2.45) is 11.3 Å². The Bertz CT molecular complexity index is 413. The van der Waals surface area contributed by atoms with Gasteiger partial charge in [-0.1, -0.05) is 44.2 Å². The Balaban J connectivity index is 1.98. The fourth-order valence-corrected chi connectivity index (χ4v) is 4.66. The Hall–Kier alpha value is -0.820. The van der Waals surface area contributed by atoms with E-state index < -0.39 is 0 Å². The van der Waals surface area contributed by atoms with E-state index >= 15 is 0 Å². The summed E-state index contributed by atoms with van der Waals surface area (Å²) in [6, 6.07) is 11.5. The van der Waals surface area contributed by atoms with Gasteiger partial charge in [-0.3, -0.25) is 0 Å². The van der Waals surface area contributed by atoms with Gasteiger partial charge in [0.2, 0.25) is 0 Å². The van der Waals surface area contributed by atoms with Crippen molar-refractivity contribution in [1.29, 1.82) is 0 Å². The van der Waals surface area contributed by atoms with Crippen molar-refractivity contribution in [2.75, 3.05) is 0 Å². The molecule has 1 aliphatic carbocycles. The molecule has 1 aliphatic heterocycles. The second-order valence-electron chi connectivity index (χ2n) is 6.89. The van der Waals surface area contributed by atoms with E-state index in [4.69, 9.17) is 0 Å². The molecule has 0 radical (unpaired) electrons. The van der Waals surface area contributed by atoms with Gasteiger partial charge in [-0.2, -0.15) is 0 Å². The van der Waals surface area contributed by atoms with Crippen molar-refractivity contribution in [3.8, 4) is 0 Å². The van der Waals surface area contributed by atoms with Crippen molar-refractivity contribution in [1.82, 2.24) is 5.32 Å². The summed E-state index contributed by atoms with van der Waals surface area (Å²) in [6.45, 7) is 7.28. The van der Waals surface area contributed by atoms with Crippen LogP contribution in [-0.4, -0.2) is 5.54 Å². The van der Waals surface area contributed by atoms with Gasteiger partial charge in [0.1, 0.15) is 0 Å². The monoisotopic (exact) mass is 229 g/mol. The van der Waals surface area contributed by atoms with Crippen molar-refractivity contribution in [2.45, 2.75) is 51.6 Å². The Morgan fingerprint density at radius 2 is 1.82 bits per heavy atom. The van der Waals surface area contributed by atoms with Gasteiger partial charge in [-0.15, -0.1) is 0 Å². The minimum Gasteiger partial charge on any atom is -0.304 e. The van der Waals surface area contributed by atoms with E-state index in [-0.39, 0.29) is 0 Å². The summed E-state index contributed by atoms with van der Waals surface area (Å²) in [6.07, 6.45) is 4.00. The summed E-state index contributed by atoms with van der Waals surface area (Å²) in [5.74, 6) is 0.847. The van der Waals surface area contributed by atoms with Gasteiger partial charge in [0.25, 0.3) is 0 Å². The molecule has 17 heavy (non-hydrogen) atoms. The number of hydrogen-bond acceptors (Lipinski definition) is 1. The molecule has 2 fully saturated rings. The molecule has 4 atom stereocenters. The molecule has 1 aromatic carbocycles. The van der Waals surface area contributed by atoms with Gasteiger partial charge < -0.3 is 5.32 Å². The number of fused-ring (bicyclic) bond motifs is 2. The zero-order chi connectivity index (χ0) is 12.1. The highest BCUT2D eigenvalue weighted by Gasteiger charge is 2.53. The number of rotatable bonds is 1. The predicted molar refractivity (Wildman–Crippen MR) is 71.8 cm³/mol. The van der Waals surface area contributed by atoms with Crippen molar-refractivity contribution >= 4 is 0 Å². The highest BCUT2D eigenvalue weighted by molar-refractivity contribution is 5.26. The van der Waals surface area contributed by atoms with Gasteiger partial charge in [0, 0.05) is 11.6 Å². The molecule has 0 spiro atoms. The largest absolute Gasteiger partial charge is 0.304 e. The van der Waals surface area contributed by atoms with E-state index in [0.717, 1.165) is 5.92 Å². The molecular formula is C16H23N. The van der Waals surface area contributed by atoms with Crippen LogP contribution in [0, 0.1) is 11.3 Å². The van der Waals surface area contributed by atoms with Crippen LogP contribution in [0.25, 0.3) is 0 Å². The third kappa shape index (κ3) is 1.81. The molecule has 1 heterocycles. The number of benzene rings is 1. The first kappa shape index (κ1) is 11.3. The van der Waals surface area contributed by atoms with Gasteiger partial charge in [0.05, 0.1) is 0 Å². The Morgan fingerprint density at radius 3 is 2.53 bits per heavy atom. The fourth-order valence-electron chi connectivity index (χ4n) is 4.66. The predicted octanol–water partition coefficient (Wildman–Crippen LogP) is 3.92. The molecular weight excluding hydrogens is 206 g/mol. The molecule has 0 amide bonds. The van der Waals surface area contributed by atoms with Crippen molar-refractivity contribution in [3.63, 3.8) is 0 Å². The topological polar surface area (TPSA) is 12.0 Å². The zero-order valence-corrected chi connectivity index (χ0v) is 11.2. The minimum atomic E-state index is 0.354. The average Bonchev–Trinajstić information content (AvgIpc) is 2.45. The van der Waals surface area contributed by atoms with E-state index in [0.29, 0.717) is 17.0 Å². The first-order chi connectivity index (χ1) is 8.01. The van der Waals surface area contributed by atoms with Crippen LogP contribution in [0.2, 0.25) is 0 Å². The van der Waals surface area contributed by atoms with Gasteiger partial charge in [-0.25, -0.2) is 0 Å². The molecule has 0 unspecified atom stereocenters. The van der Waals surface area contributed by atoms with E-state index in [9.17, 15) is 0 Å². The summed E-state index contributed by atoms with van der Waals surface area (Å²) in [4.78, 5) is 0. The van der Waals surface area contributed by atoms with Crippen LogP contribution in [0.1, 0.15) is 51.6 Å². The van der Waals surface area contributed by atoms with Gasteiger partial charge in [0.15, 0.2) is 0 Å². The summed E-state index contributed by atoms with van der Waals surface area (Å²) >= 11 is 0. The molecule has 1 nitrogen and oxygen atoms in total. The van der Waals surface area contributed by atoms with Crippen LogP contribution in [0.3, 0.4) is 0 Å². The maximum absolute atomic E-state index is 3.92. The molecule has 1 aromatic rings. The molecule has 92 valence electrons. The number of nitrogens with one attached hydrogen (secondary N) is 1. The van der Waals surface area contributed by atoms with Gasteiger partial charge >= 0.3 is 0 Å². The highest BCUT2D eigenvalue weighted by Crippen LogP contribution is 2.56. The fraction of sp³-hybridized carbons (Fsp3) is 0.625. The van der Waals surface area contributed by atoms with Crippen molar-refractivity contribution in [3.05, 3.63) is 35.9 Å². The van der Waals surface area contributed by atoms with Crippen LogP contribution >= 0.6 is 0 Å².